The Bertz CT molecular complexity index is 2440. The average molecular weight is 784 g/mol. The van der Waals surface area contributed by atoms with Crippen LogP contribution < -0.4 is 18.9 Å². The molecule has 0 aliphatic carbocycles. The van der Waals surface area contributed by atoms with E-state index in [1.807, 2.05) is 115 Å². The lowest BCUT2D eigenvalue weighted by molar-refractivity contribution is 0.414. The van der Waals surface area contributed by atoms with Gasteiger partial charge in [-0.2, -0.15) is 0 Å². The van der Waals surface area contributed by atoms with Gasteiger partial charge in [-0.3, -0.25) is 10.8 Å². The molecule has 2 N–H and O–H groups in total. The second kappa shape index (κ2) is 18.3. The second-order valence-electron chi connectivity index (χ2n) is 12.5. The van der Waals surface area contributed by atoms with Gasteiger partial charge in [-0.15, -0.1) is 0 Å². The van der Waals surface area contributed by atoms with E-state index >= 15 is 0 Å². The van der Waals surface area contributed by atoms with Crippen LogP contribution in [-0.4, -0.2) is 49.4 Å². The molecular formula is C46H40Cl2N4O4. The molecule has 0 saturated heterocycles. The molecule has 0 fully saturated rings. The molecule has 1 aromatic heterocycles. The molecule has 0 atom stereocenters. The van der Waals surface area contributed by atoms with Crippen LogP contribution in [-0.2, 0) is 6.54 Å². The van der Waals surface area contributed by atoms with Crippen molar-refractivity contribution in [1.82, 2.24) is 9.55 Å². The van der Waals surface area contributed by atoms with Gasteiger partial charge in [0.05, 0.1) is 62.8 Å². The third-order valence-electron chi connectivity index (χ3n) is 9.02. The van der Waals surface area contributed by atoms with Crippen LogP contribution in [0, 0.1) is 10.8 Å². The fourth-order valence-electron chi connectivity index (χ4n) is 6.13. The maximum absolute atomic E-state index is 8.15. The van der Waals surface area contributed by atoms with Crippen molar-refractivity contribution in [2.24, 2.45) is 0 Å². The monoisotopic (exact) mass is 782 g/mol. The molecule has 0 saturated carbocycles. The third kappa shape index (κ3) is 8.95. The minimum atomic E-state index is 0.150. The first-order chi connectivity index (χ1) is 27.2. The second-order valence-corrected chi connectivity index (χ2v) is 13.3. The van der Waals surface area contributed by atoms with Crippen LogP contribution in [0.2, 0.25) is 10.0 Å². The molecule has 0 unspecified atom stereocenters. The van der Waals surface area contributed by atoms with Gasteiger partial charge in [0.2, 0.25) is 0 Å². The number of benzene rings is 6. The standard InChI is InChI=1S/C30H24Cl2N2O2.C16H16N2O2/c1-35-23-12-7-10-20(17-23)28-29(21-11-8-13-24(18-21)36-2)34(19-22-9-3-5-15-26(22)31)30(33-28)25-14-4-6-16-27(25)32;1-19-13-7-3-5-11(9-13)15(17)16(18)12-6-4-8-14(10-12)20-2/h3-18H,19H2,1-2H3;3-10,17-18H,1-2H3. The largest absolute Gasteiger partial charge is 0.497 e. The number of hydrogen-bond acceptors (Lipinski definition) is 7. The summed E-state index contributed by atoms with van der Waals surface area (Å²) in [6.07, 6.45) is 0. The Hall–Kier alpha value is -6.35. The Labute approximate surface area is 336 Å². The third-order valence-corrected chi connectivity index (χ3v) is 9.72. The summed E-state index contributed by atoms with van der Waals surface area (Å²) in [5, 5.41) is 17.6. The normalized spacial score (nSPS) is 10.5. The van der Waals surface area contributed by atoms with E-state index in [-0.39, 0.29) is 11.4 Å². The highest BCUT2D eigenvalue weighted by atomic mass is 35.5. The fraction of sp³-hybridized carbons (Fsp3) is 0.109. The van der Waals surface area contributed by atoms with Crippen molar-refractivity contribution in [2.75, 3.05) is 28.4 Å². The number of nitrogens with zero attached hydrogens (tertiary/aromatic N) is 2. The van der Waals surface area contributed by atoms with E-state index in [1.54, 1.807) is 52.7 Å². The number of methoxy groups -OCH3 is 4. The lowest BCUT2D eigenvalue weighted by atomic mass is 10.00. The van der Waals surface area contributed by atoms with Crippen LogP contribution in [0.4, 0.5) is 0 Å². The van der Waals surface area contributed by atoms with Crippen molar-refractivity contribution in [1.29, 1.82) is 10.8 Å². The maximum atomic E-state index is 8.15. The zero-order chi connectivity index (χ0) is 39.6. The van der Waals surface area contributed by atoms with Crippen molar-refractivity contribution in [2.45, 2.75) is 6.54 Å². The molecule has 8 nitrogen and oxygen atoms in total. The number of aromatic nitrogens is 2. The Kier molecular flexibility index (Phi) is 12.9. The van der Waals surface area contributed by atoms with E-state index in [0.29, 0.717) is 39.2 Å². The summed E-state index contributed by atoms with van der Waals surface area (Å²) in [5.41, 5.74) is 7.05. The smallest absolute Gasteiger partial charge is 0.142 e. The summed E-state index contributed by atoms with van der Waals surface area (Å²) in [4.78, 5) is 5.18. The van der Waals surface area contributed by atoms with E-state index in [0.717, 1.165) is 51.0 Å². The van der Waals surface area contributed by atoms with Gasteiger partial charge in [-0.25, -0.2) is 4.98 Å². The number of imidazole rings is 1. The maximum Gasteiger partial charge on any atom is 0.142 e. The quantitative estimate of drug-likeness (QED) is 0.120. The van der Waals surface area contributed by atoms with Gasteiger partial charge >= 0.3 is 0 Å². The lowest BCUT2D eigenvalue weighted by Crippen LogP contribution is -2.14. The summed E-state index contributed by atoms with van der Waals surface area (Å²) in [7, 11) is 6.48. The first-order valence-corrected chi connectivity index (χ1v) is 18.3. The van der Waals surface area contributed by atoms with Crippen LogP contribution in [0.5, 0.6) is 23.0 Å². The lowest BCUT2D eigenvalue weighted by Gasteiger charge is -2.16. The highest BCUT2D eigenvalue weighted by Gasteiger charge is 2.24. The van der Waals surface area contributed by atoms with Crippen molar-refractivity contribution < 1.29 is 18.9 Å². The highest BCUT2D eigenvalue weighted by molar-refractivity contribution is 6.51. The molecule has 0 aliphatic heterocycles. The van der Waals surface area contributed by atoms with Crippen molar-refractivity contribution in [3.05, 3.63) is 172 Å². The van der Waals surface area contributed by atoms with E-state index < -0.39 is 0 Å². The van der Waals surface area contributed by atoms with Gasteiger partial charge in [-0.05, 0) is 72.3 Å². The molecule has 56 heavy (non-hydrogen) atoms. The summed E-state index contributed by atoms with van der Waals surface area (Å²) >= 11 is 13.3. The minimum Gasteiger partial charge on any atom is -0.497 e. The van der Waals surface area contributed by atoms with Gasteiger partial charge in [0, 0.05) is 32.8 Å². The average Bonchev–Trinajstić information content (AvgIpc) is 3.63. The number of hydrogen-bond donors (Lipinski definition) is 2. The van der Waals surface area contributed by atoms with Gasteiger partial charge in [-0.1, -0.05) is 102 Å². The predicted octanol–water partition coefficient (Wildman–Crippen LogP) is 11.4. The van der Waals surface area contributed by atoms with E-state index in [9.17, 15) is 0 Å². The molecule has 0 radical (unpaired) electrons. The number of halogens is 2. The van der Waals surface area contributed by atoms with Crippen molar-refractivity contribution in [3.8, 4) is 56.9 Å². The predicted molar refractivity (Wildman–Crippen MR) is 227 cm³/mol. The Morgan fingerprint density at radius 2 is 1.00 bits per heavy atom. The summed E-state index contributed by atoms with van der Waals surface area (Å²) < 4.78 is 23.5. The van der Waals surface area contributed by atoms with Crippen molar-refractivity contribution >= 4 is 34.6 Å². The molecule has 10 heteroatoms. The zero-order valence-electron chi connectivity index (χ0n) is 31.3. The number of ether oxygens (including phenoxy) is 4. The topological polar surface area (TPSA) is 102 Å². The Balaban J connectivity index is 0.000000225. The van der Waals surface area contributed by atoms with Crippen LogP contribution in [0.3, 0.4) is 0 Å². The molecule has 7 aromatic rings. The molecule has 6 aromatic carbocycles. The molecule has 0 amide bonds. The Morgan fingerprint density at radius 1 is 0.536 bits per heavy atom. The van der Waals surface area contributed by atoms with Gasteiger partial charge < -0.3 is 23.5 Å². The van der Waals surface area contributed by atoms with Crippen LogP contribution in [0.15, 0.2) is 146 Å². The molecular weight excluding hydrogens is 743 g/mol. The first kappa shape index (κ1) is 39.3. The van der Waals surface area contributed by atoms with Gasteiger partial charge in [0.25, 0.3) is 0 Å². The minimum absolute atomic E-state index is 0.150. The molecule has 282 valence electrons. The molecule has 7 rings (SSSR count). The molecule has 1 heterocycles. The molecule has 0 spiro atoms. The van der Waals surface area contributed by atoms with Crippen LogP contribution in [0.1, 0.15) is 16.7 Å². The summed E-state index contributed by atoms with van der Waals surface area (Å²) in [6, 6.07) is 45.8. The van der Waals surface area contributed by atoms with Crippen LogP contribution >= 0.6 is 23.2 Å². The highest BCUT2D eigenvalue weighted by Crippen LogP contribution is 2.40. The molecule has 0 aliphatic rings. The zero-order valence-corrected chi connectivity index (χ0v) is 32.9. The fourth-order valence-corrected chi connectivity index (χ4v) is 6.55. The number of rotatable bonds is 12. The van der Waals surface area contributed by atoms with Crippen molar-refractivity contribution in [3.63, 3.8) is 0 Å². The van der Waals surface area contributed by atoms with Gasteiger partial charge in [0.15, 0.2) is 0 Å². The van der Waals surface area contributed by atoms with E-state index in [2.05, 4.69) is 10.6 Å². The first-order valence-electron chi connectivity index (χ1n) is 17.6. The van der Waals surface area contributed by atoms with Gasteiger partial charge in [0.1, 0.15) is 28.8 Å². The number of nitrogens with one attached hydrogen (secondary N) is 2. The molecule has 0 bridgehead atoms. The Morgan fingerprint density at radius 3 is 1.54 bits per heavy atom. The summed E-state index contributed by atoms with van der Waals surface area (Å²) in [6.45, 7) is 0.504. The SMILES string of the molecule is COc1cccc(-c2nc(-c3ccccc3Cl)n(Cc3ccccc3Cl)c2-c2cccc(OC)c2)c1.COc1cccc(C(=N)C(=N)c2cccc(OC)c2)c1. The van der Waals surface area contributed by atoms with Crippen LogP contribution in [0.25, 0.3) is 33.9 Å². The van der Waals surface area contributed by atoms with E-state index in [1.165, 1.54) is 0 Å². The summed E-state index contributed by atoms with van der Waals surface area (Å²) in [5.74, 6) is 3.60. The van der Waals surface area contributed by atoms with E-state index in [4.69, 9.17) is 58.0 Å².